The van der Waals surface area contributed by atoms with Crippen LogP contribution in [0.4, 0.5) is 15.8 Å². The number of hydrogen-bond donors (Lipinski definition) is 2. The average molecular weight is 467 g/mol. The van der Waals surface area contributed by atoms with Crippen molar-refractivity contribution in [3.63, 3.8) is 0 Å². The summed E-state index contributed by atoms with van der Waals surface area (Å²) in [6.45, 7) is 0. The largest absolute Gasteiger partial charge is 0.494 e. The topological polar surface area (TPSA) is 67.4 Å². The summed E-state index contributed by atoms with van der Waals surface area (Å²) >= 11 is 5.97. The van der Waals surface area contributed by atoms with E-state index in [4.69, 9.17) is 16.3 Å². The van der Waals surface area contributed by atoms with Gasteiger partial charge in [-0.25, -0.2) is 4.39 Å². The molecule has 7 heteroatoms. The summed E-state index contributed by atoms with van der Waals surface area (Å²) in [5, 5.41) is 6.27. The molecule has 0 heterocycles. The van der Waals surface area contributed by atoms with Crippen LogP contribution in [-0.4, -0.2) is 18.9 Å². The molecular formula is C26H24ClFN2O3. The van der Waals surface area contributed by atoms with E-state index in [0.717, 1.165) is 18.4 Å². The fraction of sp³-hybridized carbons (Fsp3) is 0.231. The number of hydrogen-bond acceptors (Lipinski definition) is 3. The summed E-state index contributed by atoms with van der Waals surface area (Å²) in [6.07, 6.45) is 3.27. The average Bonchev–Trinajstić information content (AvgIpc) is 3.32. The first kappa shape index (κ1) is 22.8. The number of carbonyl (C=O) groups excluding carboxylic acids is 2. The summed E-state index contributed by atoms with van der Waals surface area (Å²) in [4.78, 5) is 25.9. The predicted molar refractivity (Wildman–Crippen MR) is 128 cm³/mol. The maximum Gasteiger partial charge on any atom is 0.255 e. The van der Waals surface area contributed by atoms with E-state index in [1.807, 2.05) is 0 Å². The lowest BCUT2D eigenvalue weighted by atomic mass is 9.78. The number of halogens is 2. The van der Waals surface area contributed by atoms with Crippen molar-refractivity contribution in [1.29, 1.82) is 0 Å². The highest BCUT2D eigenvalue weighted by Gasteiger charge is 2.42. The smallest absolute Gasteiger partial charge is 0.255 e. The Balaban J connectivity index is 1.54. The minimum atomic E-state index is -0.694. The van der Waals surface area contributed by atoms with Gasteiger partial charge in [-0.05, 0) is 60.9 Å². The molecule has 5 nitrogen and oxygen atoms in total. The van der Waals surface area contributed by atoms with Gasteiger partial charge in [0.15, 0.2) is 0 Å². The highest BCUT2D eigenvalue weighted by molar-refractivity contribution is 6.31. The van der Waals surface area contributed by atoms with Crippen molar-refractivity contribution < 1.29 is 18.7 Å². The van der Waals surface area contributed by atoms with E-state index in [1.165, 1.54) is 19.2 Å². The molecule has 1 fully saturated rings. The molecule has 3 aromatic rings. The first-order valence-electron chi connectivity index (χ1n) is 10.7. The second-order valence-corrected chi connectivity index (χ2v) is 8.57. The third-order valence-corrected chi connectivity index (χ3v) is 6.32. The first-order chi connectivity index (χ1) is 15.9. The SMILES string of the molecule is COc1cc(NC(=O)C2(c3ccc(F)cc3)CCCC2)ccc1NC(=O)c1cccc(Cl)c1. The molecular weight excluding hydrogens is 443 g/mol. The molecule has 1 saturated carbocycles. The Morgan fingerprint density at radius 3 is 2.36 bits per heavy atom. The number of ether oxygens (including phenoxy) is 1. The molecule has 3 aromatic carbocycles. The van der Waals surface area contributed by atoms with Crippen molar-refractivity contribution in [2.45, 2.75) is 31.1 Å². The van der Waals surface area contributed by atoms with Gasteiger partial charge in [-0.2, -0.15) is 0 Å². The van der Waals surface area contributed by atoms with Crippen molar-refractivity contribution in [2.75, 3.05) is 17.7 Å². The van der Waals surface area contributed by atoms with E-state index in [2.05, 4.69) is 10.6 Å². The maximum absolute atomic E-state index is 13.4. The van der Waals surface area contributed by atoms with Crippen molar-refractivity contribution >= 4 is 34.8 Å². The molecule has 0 unspecified atom stereocenters. The normalized spacial score (nSPS) is 14.5. The second kappa shape index (κ2) is 9.63. The van der Waals surface area contributed by atoms with Crippen LogP contribution in [0.5, 0.6) is 5.75 Å². The molecule has 0 spiro atoms. The molecule has 0 bridgehead atoms. The molecule has 0 aromatic heterocycles. The highest BCUT2D eigenvalue weighted by atomic mass is 35.5. The van der Waals surface area contributed by atoms with E-state index >= 15 is 0 Å². The quantitative estimate of drug-likeness (QED) is 0.455. The Morgan fingerprint density at radius 2 is 1.70 bits per heavy atom. The number of nitrogens with one attached hydrogen (secondary N) is 2. The fourth-order valence-corrected chi connectivity index (χ4v) is 4.53. The molecule has 1 aliphatic rings. The Bertz CT molecular complexity index is 1170. The standard InChI is InChI=1S/C26H24ClFN2O3/c1-33-23-16-21(11-12-22(23)30-24(31)17-5-4-6-19(27)15-17)29-25(32)26(13-2-3-14-26)18-7-9-20(28)10-8-18/h4-12,15-16H,2-3,13-14H2,1H3,(H,29,32)(H,30,31). The minimum Gasteiger partial charge on any atom is -0.494 e. The molecule has 0 saturated heterocycles. The number of benzene rings is 3. The molecule has 33 heavy (non-hydrogen) atoms. The lowest BCUT2D eigenvalue weighted by Gasteiger charge is -2.28. The Labute approximate surface area is 196 Å². The van der Waals surface area contributed by atoms with E-state index < -0.39 is 5.41 Å². The van der Waals surface area contributed by atoms with Crippen LogP contribution in [0.2, 0.25) is 5.02 Å². The Kier molecular flexibility index (Phi) is 6.65. The molecule has 0 radical (unpaired) electrons. The van der Waals surface area contributed by atoms with Gasteiger partial charge in [0.05, 0.1) is 18.2 Å². The zero-order chi connectivity index (χ0) is 23.4. The summed E-state index contributed by atoms with van der Waals surface area (Å²) < 4.78 is 18.9. The lowest BCUT2D eigenvalue weighted by Crippen LogP contribution is -2.38. The third-order valence-electron chi connectivity index (χ3n) is 6.08. The van der Waals surface area contributed by atoms with Crippen molar-refractivity contribution in [3.05, 3.63) is 88.7 Å². The number of rotatable bonds is 6. The summed E-state index contributed by atoms with van der Waals surface area (Å²) in [5.74, 6) is -0.379. The van der Waals surface area contributed by atoms with Crippen LogP contribution in [0.25, 0.3) is 0 Å². The predicted octanol–water partition coefficient (Wildman–Crippen LogP) is 6.19. The van der Waals surface area contributed by atoms with E-state index in [0.29, 0.717) is 40.6 Å². The molecule has 1 aliphatic carbocycles. The van der Waals surface area contributed by atoms with Gasteiger partial charge >= 0.3 is 0 Å². The zero-order valence-corrected chi connectivity index (χ0v) is 18.9. The summed E-state index contributed by atoms with van der Waals surface area (Å²) in [7, 11) is 1.49. The summed E-state index contributed by atoms with van der Waals surface area (Å²) in [6, 6.07) is 17.9. The second-order valence-electron chi connectivity index (χ2n) is 8.13. The third kappa shape index (κ3) is 4.86. The van der Waals surface area contributed by atoms with Crippen LogP contribution in [0.3, 0.4) is 0 Å². The first-order valence-corrected chi connectivity index (χ1v) is 11.1. The lowest BCUT2D eigenvalue weighted by molar-refractivity contribution is -0.121. The molecule has 2 amide bonds. The zero-order valence-electron chi connectivity index (χ0n) is 18.2. The van der Waals surface area contributed by atoms with Gasteiger partial charge in [0.25, 0.3) is 5.91 Å². The maximum atomic E-state index is 13.4. The van der Waals surface area contributed by atoms with Crippen LogP contribution in [0.15, 0.2) is 66.7 Å². The van der Waals surface area contributed by atoms with Crippen LogP contribution >= 0.6 is 11.6 Å². The number of methoxy groups -OCH3 is 1. The van der Waals surface area contributed by atoms with Crippen LogP contribution < -0.4 is 15.4 Å². The monoisotopic (exact) mass is 466 g/mol. The van der Waals surface area contributed by atoms with Gasteiger partial charge in [-0.1, -0.05) is 42.6 Å². The molecule has 2 N–H and O–H groups in total. The molecule has 0 aliphatic heterocycles. The highest BCUT2D eigenvalue weighted by Crippen LogP contribution is 2.42. The van der Waals surface area contributed by atoms with E-state index in [9.17, 15) is 14.0 Å². The summed E-state index contributed by atoms with van der Waals surface area (Å²) in [5.41, 5.74) is 1.56. The van der Waals surface area contributed by atoms with Crippen molar-refractivity contribution in [3.8, 4) is 5.75 Å². The van der Waals surface area contributed by atoms with Gasteiger partial charge in [0.2, 0.25) is 5.91 Å². The van der Waals surface area contributed by atoms with Crippen LogP contribution in [0, 0.1) is 5.82 Å². The van der Waals surface area contributed by atoms with Crippen LogP contribution in [-0.2, 0) is 10.2 Å². The van der Waals surface area contributed by atoms with Crippen molar-refractivity contribution in [1.82, 2.24) is 0 Å². The fourth-order valence-electron chi connectivity index (χ4n) is 4.34. The van der Waals surface area contributed by atoms with Gasteiger partial charge < -0.3 is 15.4 Å². The molecule has 4 rings (SSSR count). The molecule has 0 atom stereocenters. The van der Waals surface area contributed by atoms with E-state index in [-0.39, 0.29) is 17.6 Å². The van der Waals surface area contributed by atoms with Gasteiger partial charge in [0, 0.05) is 22.3 Å². The Hall–Kier alpha value is -3.38. The van der Waals surface area contributed by atoms with Crippen LogP contribution in [0.1, 0.15) is 41.6 Å². The number of amides is 2. The van der Waals surface area contributed by atoms with Crippen molar-refractivity contribution in [2.24, 2.45) is 0 Å². The Morgan fingerprint density at radius 1 is 0.970 bits per heavy atom. The van der Waals surface area contributed by atoms with Gasteiger partial charge in [-0.15, -0.1) is 0 Å². The number of anilines is 2. The van der Waals surface area contributed by atoms with Gasteiger partial charge in [-0.3, -0.25) is 9.59 Å². The number of carbonyl (C=O) groups is 2. The minimum absolute atomic E-state index is 0.135. The van der Waals surface area contributed by atoms with E-state index in [1.54, 1.807) is 54.6 Å². The molecule has 170 valence electrons. The van der Waals surface area contributed by atoms with Gasteiger partial charge in [0.1, 0.15) is 11.6 Å².